The SMILES string of the molecule is CC(=O)OCC(Cl)=NOC(C)=O. The third kappa shape index (κ3) is 7.01. The summed E-state index contributed by atoms with van der Waals surface area (Å²) in [6, 6.07) is 0. The predicted octanol–water partition coefficient (Wildman–Crippen LogP) is 0.665. The molecule has 0 N–H and O–H groups in total. The van der Waals surface area contributed by atoms with E-state index in [0.717, 1.165) is 0 Å². The van der Waals surface area contributed by atoms with Crippen molar-refractivity contribution in [2.75, 3.05) is 6.61 Å². The summed E-state index contributed by atoms with van der Waals surface area (Å²) in [4.78, 5) is 24.6. The van der Waals surface area contributed by atoms with Gasteiger partial charge in [0.15, 0.2) is 5.17 Å². The van der Waals surface area contributed by atoms with E-state index in [1.807, 2.05) is 0 Å². The Morgan fingerprint density at radius 2 is 1.92 bits per heavy atom. The smallest absolute Gasteiger partial charge is 0.332 e. The minimum absolute atomic E-state index is 0.0969. The highest BCUT2D eigenvalue weighted by atomic mass is 35.5. The number of esters is 1. The molecule has 0 spiro atoms. The van der Waals surface area contributed by atoms with Crippen LogP contribution >= 0.6 is 11.6 Å². The molecule has 0 amide bonds. The van der Waals surface area contributed by atoms with Crippen LogP contribution < -0.4 is 0 Å². The van der Waals surface area contributed by atoms with Gasteiger partial charge < -0.3 is 9.57 Å². The van der Waals surface area contributed by atoms with Crippen LogP contribution in [0.25, 0.3) is 0 Å². The van der Waals surface area contributed by atoms with Crippen molar-refractivity contribution in [3.05, 3.63) is 0 Å². The summed E-state index contributed by atoms with van der Waals surface area (Å²) < 4.78 is 4.44. The van der Waals surface area contributed by atoms with Crippen molar-refractivity contribution in [3.63, 3.8) is 0 Å². The molecule has 0 aliphatic carbocycles. The lowest BCUT2D eigenvalue weighted by molar-refractivity contribution is -0.140. The molecule has 0 aliphatic rings. The number of oxime groups is 1. The predicted molar refractivity (Wildman–Crippen MR) is 41.7 cm³/mol. The molecule has 0 saturated carbocycles. The number of ether oxygens (including phenoxy) is 1. The van der Waals surface area contributed by atoms with Crippen LogP contribution in [0, 0.1) is 0 Å². The van der Waals surface area contributed by atoms with Gasteiger partial charge in [0.25, 0.3) is 0 Å². The lowest BCUT2D eigenvalue weighted by Crippen LogP contribution is -2.07. The maximum absolute atomic E-state index is 10.2. The Labute approximate surface area is 74.3 Å². The Morgan fingerprint density at radius 3 is 2.33 bits per heavy atom. The molecule has 12 heavy (non-hydrogen) atoms. The zero-order chi connectivity index (χ0) is 9.56. The van der Waals surface area contributed by atoms with Gasteiger partial charge in [-0.2, -0.15) is 0 Å². The number of nitrogens with zero attached hydrogens (tertiary/aromatic N) is 1. The zero-order valence-electron chi connectivity index (χ0n) is 6.67. The third-order valence-electron chi connectivity index (χ3n) is 0.668. The fourth-order valence-corrected chi connectivity index (χ4v) is 0.390. The molecule has 68 valence electrons. The van der Waals surface area contributed by atoms with Crippen molar-refractivity contribution in [2.24, 2.45) is 5.16 Å². The molecule has 0 atom stereocenters. The van der Waals surface area contributed by atoms with E-state index >= 15 is 0 Å². The molecule has 6 heteroatoms. The van der Waals surface area contributed by atoms with Crippen LogP contribution in [-0.4, -0.2) is 23.7 Å². The zero-order valence-corrected chi connectivity index (χ0v) is 7.42. The Morgan fingerprint density at radius 1 is 1.33 bits per heavy atom. The van der Waals surface area contributed by atoms with Crippen molar-refractivity contribution in [1.82, 2.24) is 0 Å². The molecular weight excluding hydrogens is 186 g/mol. The summed E-state index contributed by atoms with van der Waals surface area (Å²) in [6.45, 7) is 2.22. The maximum atomic E-state index is 10.2. The molecule has 0 aromatic carbocycles. The Kier molecular flexibility index (Phi) is 5.03. The number of carbonyl (C=O) groups is 2. The van der Waals surface area contributed by atoms with Gasteiger partial charge in [-0.1, -0.05) is 16.8 Å². The van der Waals surface area contributed by atoms with Gasteiger partial charge >= 0.3 is 11.9 Å². The molecule has 0 aromatic heterocycles. The number of halogens is 1. The molecule has 0 radical (unpaired) electrons. The highest BCUT2D eigenvalue weighted by Crippen LogP contribution is 1.90. The molecule has 0 aliphatic heterocycles. The highest BCUT2D eigenvalue weighted by Gasteiger charge is 1.99. The van der Waals surface area contributed by atoms with Crippen molar-refractivity contribution in [3.8, 4) is 0 Å². The maximum Gasteiger partial charge on any atom is 0.332 e. The van der Waals surface area contributed by atoms with E-state index in [4.69, 9.17) is 11.6 Å². The summed E-state index contributed by atoms with van der Waals surface area (Å²) >= 11 is 5.36. The molecule has 0 rings (SSSR count). The average Bonchev–Trinajstić information content (AvgIpc) is 1.96. The van der Waals surface area contributed by atoms with Crippen molar-refractivity contribution < 1.29 is 19.2 Å². The number of rotatable bonds is 3. The lowest BCUT2D eigenvalue weighted by Gasteiger charge is -1.97. The first-order chi connectivity index (χ1) is 5.52. The van der Waals surface area contributed by atoms with Gasteiger partial charge in [0.2, 0.25) is 0 Å². The topological polar surface area (TPSA) is 65.0 Å². The molecule has 0 fully saturated rings. The second kappa shape index (κ2) is 5.54. The second-order valence-electron chi connectivity index (χ2n) is 1.83. The summed E-state index contributed by atoms with van der Waals surface area (Å²) in [7, 11) is 0. The Bertz CT molecular complexity index is 214. The minimum Gasteiger partial charge on any atom is -0.458 e. The Hall–Kier alpha value is -1.10. The highest BCUT2D eigenvalue weighted by molar-refractivity contribution is 6.65. The first kappa shape index (κ1) is 10.9. The molecule has 5 nitrogen and oxygen atoms in total. The van der Waals surface area contributed by atoms with E-state index in [2.05, 4.69) is 14.7 Å². The van der Waals surface area contributed by atoms with Crippen LogP contribution in [0.1, 0.15) is 13.8 Å². The number of hydrogen-bond donors (Lipinski definition) is 0. The first-order valence-electron chi connectivity index (χ1n) is 3.05. The van der Waals surface area contributed by atoms with Gasteiger partial charge in [0, 0.05) is 13.8 Å². The summed E-state index contributed by atoms with van der Waals surface area (Å²) in [6.07, 6.45) is 0. The van der Waals surface area contributed by atoms with Crippen molar-refractivity contribution >= 4 is 28.7 Å². The number of carbonyl (C=O) groups excluding carboxylic acids is 2. The van der Waals surface area contributed by atoms with Crippen LogP contribution in [0.15, 0.2) is 5.16 Å². The van der Waals surface area contributed by atoms with Crippen molar-refractivity contribution in [1.29, 1.82) is 0 Å². The fourth-order valence-electron chi connectivity index (χ4n) is 0.301. The largest absolute Gasteiger partial charge is 0.458 e. The van der Waals surface area contributed by atoms with Crippen LogP contribution in [0.5, 0.6) is 0 Å². The van der Waals surface area contributed by atoms with Gasteiger partial charge in [0.1, 0.15) is 6.61 Å². The summed E-state index contributed by atoms with van der Waals surface area (Å²) in [5, 5.41) is 3.05. The van der Waals surface area contributed by atoms with Gasteiger partial charge in [-0.05, 0) is 0 Å². The van der Waals surface area contributed by atoms with E-state index in [9.17, 15) is 9.59 Å². The normalized spacial score (nSPS) is 10.8. The fraction of sp³-hybridized carbons (Fsp3) is 0.500. The summed E-state index contributed by atoms with van der Waals surface area (Å²) in [5.41, 5.74) is 0. The van der Waals surface area contributed by atoms with Crippen LogP contribution in [0.4, 0.5) is 0 Å². The van der Waals surface area contributed by atoms with E-state index < -0.39 is 11.9 Å². The molecule has 0 bridgehead atoms. The minimum atomic E-state index is -0.587. The van der Waals surface area contributed by atoms with Crippen LogP contribution in [0.3, 0.4) is 0 Å². The monoisotopic (exact) mass is 193 g/mol. The molecule has 0 unspecified atom stereocenters. The number of hydrogen-bond acceptors (Lipinski definition) is 5. The molecular formula is C6H8ClNO4. The second-order valence-corrected chi connectivity index (χ2v) is 2.27. The van der Waals surface area contributed by atoms with E-state index in [1.54, 1.807) is 0 Å². The van der Waals surface area contributed by atoms with E-state index in [0.29, 0.717) is 0 Å². The van der Waals surface area contributed by atoms with Crippen LogP contribution in [0.2, 0.25) is 0 Å². The van der Waals surface area contributed by atoms with Gasteiger partial charge in [-0.15, -0.1) is 0 Å². The molecule has 0 saturated heterocycles. The van der Waals surface area contributed by atoms with Gasteiger partial charge in [0.05, 0.1) is 0 Å². The van der Waals surface area contributed by atoms with Crippen molar-refractivity contribution in [2.45, 2.75) is 13.8 Å². The molecule has 0 aromatic rings. The Balaban J connectivity index is 3.70. The first-order valence-corrected chi connectivity index (χ1v) is 3.43. The lowest BCUT2D eigenvalue weighted by atomic mass is 10.7. The van der Waals surface area contributed by atoms with E-state index in [-0.39, 0.29) is 11.8 Å². The van der Waals surface area contributed by atoms with E-state index in [1.165, 1.54) is 13.8 Å². The van der Waals surface area contributed by atoms with Crippen LogP contribution in [-0.2, 0) is 19.2 Å². The van der Waals surface area contributed by atoms with Gasteiger partial charge in [-0.3, -0.25) is 4.79 Å². The quantitative estimate of drug-likeness (QED) is 0.286. The summed E-state index contributed by atoms with van der Waals surface area (Å²) in [5.74, 6) is -1.07. The van der Waals surface area contributed by atoms with Gasteiger partial charge in [-0.25, -0.2) is 4.79 Å². The average molecular weight is 194 g/mol. The standard InChI is InChI=1S/C6H8ClNO4/c1-4(9)11-3-6(7)8-12-5(2)10/h3H2,1-2H3. The molecule has 0 heterocycles. The third-order valence-corrected chi connectivity index (χ3v) is 0.846.